The molecule has 1 rings (SSSR count). The van der Waals surface area contributed by atoms with E-state index in [0.29, 0.717) is 13.2 Å². The normalized spacial score (nSPS) is 11.2. The Labute approximate surface area is 169 Å². The lowest BCUT2D eigenvalue weighted by atomic mass is 10.2. The Hall–Kier alpha value is -1.06. The number of likely N-dealkylation sites (N-methyl/N-ethyl adjacent to an activating group) is 1. The third-order valence-electron chi connectivity index (χ3n) is 3.63. The Balaban J connectivity index is 0.00000576. The molecule has 7 heteroatoms. The van der Waals surface area contributed by atoms with Crippen molar-refractivity contribution in [3.8, 4) is 5.75 Å². The SMILES string of the molecule is CCOc1ccccc1CNC(=NC)NCCCN(C)CCOC.I. The Bertz CT molecular complexity index is 486. The van der Waals surface area contributed by atoms with Gasteiger partial charge in [0.1, 0.15) is 5.75 Å². The van der Waals surface area contributed by atoms with Crippen molar-refractivity contribution in [3.05, 3.63) is 29.8 Å². The summed E-state index contributed by atoms with van der Waals surface area (Å²) in [6, 6.07) is 8.07. The van der Waals surface area contributed by atoms with Gasteiger partial charge in [0.2, 0.25) is 0 Å². The van der Waals surface area contributed by atoms with Gasteiger partial charge >= 0.3 is 0 Å². The van der Waals surface area contributed by atoms with Gasteiger partial charge in [0.25, 0.3) is 0 Å². The molecule has 0 fully saturated rings. The number of guanidine groups is 1. The van der Waals surface area contributed by atoms with Gasteiger partial charge in [-0.15, -0.1) is 24.0 Å². The number of rotatable bonds is 11. The summed E-state index contributed by atoms with van der Waals surface area (Å²) in [6.07, 6.45) is 1.05. The minimum atomic E-state index is 0. The standard InChI is InChI=1S/C18H32N4O2.HI/c1-5-24-17-10-7-6-9-16(17)15-21-18(19-2)20-11-8-12-22(3)13-14-23-4;/h6-7,9-10H,5,8,11-15H2,1-4H3,(H2,19,20,21);1H. The summed E-state index contributed by atoms with van der Waals surface area (Å²) >= 11 is 0. The minimum absolute atomic E-state index is 0. The van der Waals surface area contributed by atoms with E-state index in [2.05, 4.69) is 33.6 Å². The van der Waals surface area contributed by atoms with E-state index >= 15 is 0 Å². The van der Waals surface area contributed by atoms with E-state index in [-0.39, 0.29) is 24.0 Å². The molecule has 0 aliphatic heterocycles. The predicted molar refractivity (Wildman–Crippen MR) is 115 cm³/mol. The van der Waals surface area contributed by atoms with Crippen LogP contribution in [0.25, 0.3) is 0 Å². The molecular formula is C18H33IN4O2. The molecule has 0 radical (unpaired) electrons. The van der Waals surface area contributed by atoms with Gasteiger partial charge in [-0.05, 0) is 33.0 Å². The molecule has 0 heterocycles. The number of ether oxygens (including phenoxy) is 2. The number of hydrogen-bond acceptors (Lipinski definition) is 4. The van der Waals surface area contributed by atoms with Crippen LogP contribution in [-0.4, -0.2) is 64.9 Å². The van der Waals surface area contributed by atoms with E-state index in [1.807, 2.05) is 25.1 Å². The van der Waals surface area contributed by atoms with E-state index < -0.39 is 0 Å². The van der Waals surface area contributed by atoms with Gasteiger partial charge in [-0.3, -0.25) is 4.99 Å². The Morgan fingerprint density at radius 2 is 1.96 bits per heavy atom. The predicted octanol–water partition coefficient (Wildman–Crippen LogP) is 2.34. The highest BCUT2D eigenvalue weighted by molar-refractivity contribution is 14.0. The molecule has 1 aromatic rings. The number of nitrogens with zero attached hydrogens (tertiary/aromatic N) is 2. The number of benzene rings is 1. The fourth-order valence-electron chi connectivity index (χ4n) is 2.26. The molecule has 0 aliphatic carbocycles. The first-order chi connectivity index (χ1) is 11.7. The first-order valence-corrected chi connectivity index (χ1v) is 8.54. The lowest BCUT2D eigenvalue weighted by Crippen LogP contribution is -2.38. The van der Waals surface area contributed by atoms with Crippen LogP contribution in [0.2, 0.25) is 0 Å². The first-order valence-electron chi connectivity index (χ1n) is 8.54. The summed E-state index contributed by atoms with van der Waals surface area (Å²) in [5, 5.41) is 6.67. The summed E-state index contributed by atoms with van der Waals surface area (Å²) in [5.74, 6) is 1.73. The van der Waals surface area contributed by atoms with Crippen molar-refractivity contribution in [2.75, 3.05) is 54.1 Å². The molecule has 0 saturated carbocycles. The largest absolute Gasteiger partial charge is 0.494 e. The smallest absolute Gasteiger partial charge is 0.191 e. The van der Waals surface area contributed by atoms with Crippen LogP contribution < -0.4 is 15.4 Å². The van der Waals surface area contributed by atoms with Crippen molar-refractivity contribution in [2.24, 2.45) is 4.99 Å². The van der Waals surface area contributed by atoms with Crippen LogP contribution in [0.5, 0.6) is 5.75 Å². The highest BCUT2D eigenvalue weighted by Gasteiger charge is 2.04. The zero-order valence-electron chi connectivity index (χ0n) is 15.9. The Morgan fingerprint density at radius 3 is 2.64 bits per heavy atom. The first kappa shape index (κ1) is 23.9. The maximum atomic E-state index is 5.64. The lowest BCUT2D eigenvalue weighted by molar-refractivity contribution is 0.161. The molecule has 0 bridgehead atoms. The molecule has 6 nitrogen and oxygen atoms in total. The van der Waals surface area contributed by atoms with Crippen molar-refractivity contribution in [2.45, 2.75) is 19.9 Å². The quantitative estimate of drug-likeness (QED) is 0.228. The van der Waals surface area contributed by atoms with E-state index in [9.17, 15) is 0 Å². The topological polar surface area (TPSA) is 58.1 Å². The highest BCUT2D eigenvalue weighted by Crippen LogP contribution is 2.17. The van der Waals surface area contributed by atoms with Crippen molar-refractivity contribution < 1.29 is 9.47 Å². The van der Waals surface area contributed by atoms with Crippen molar-refractivity contribution in [1.29, 1.82) is 0 Å². The van der Waals surface area contributed by atoms with Crippen LogP contribution in [0.3, 0.4) is 0 Å². The van der Waals surface area contributed by atoms with Gasteiger partial charge in [0.05, 0.1) is 13.2 Å². The number of methoxy groups -OCH3 is 1. The second-order valence-corrected chi connectivity index (χ2v) is 5.54. The number of para-hydroxylation sites is 1. The molecule has 144 valence electrons. The molecule has 0 saturated heterocycles. The van der Waals surface area contributed by atoms with Crippen LogP contribution in [0, 0.1) is 0 Å². The zero-order chi connectivity index (χ0) is 17.6. The summed E-state index contributed by atoms with van der Waals surface area (Å²) in [4.78, 5) is 6.53. The van der Waals surface area contributed by atoms with Crippen molar-refractivity contribution in [3.63, 3.8) is 0 Å². The van der Waals surface area contributed by atoms with Gasteiger partial charge in [0.15, 0.2) is 5.96 Å². The van der Waals surface area contributed by atoms with Gasteiger partial charge in [0, 0.05) is 39.4 Å². The second kappa shape index (κ2) is 15.2. The minimum Gasteiger partial charge on any atom is -0.494 e. The fourth-order valence-corrected chi connectivity index (χ4v) is 2.26. The van der Waals surface area contributed by atoms with Crippen molar-refractivity contribution >= 4 is 29.9 Å². The molecule has 0 spiro atoms. The molecule has 1 aromatic carbocycles. The molecule has 0 aliphatic rings. The number of halogens is 1. The second-order valence-electron chi connectivity index (χ2n) is 5.54. The summed E-state index contributed by atoms with van der Waals surface area (Å²) in [7, 11) is 5.63. The van der Waals surface area contributed by atoms with E-state index in [0.717, 1.165) is 49.9 Å². The van der Waals surface area contributed by atoms with Crippen LogP contribution in [0.15, 0.2) is 29.3 Å². The van der Waals surface area contributed by atoms with E-state index in [1.54, 1.807) is 14.2 Å². The third kappa shape index (κ3) is 10.5. The summed E-state index contributed by atoms with van der Waals surface area (Å²) < 4.78 is 10.7. The summed E-state index contributed by atoms with van der Waals surface area (Å²) in [5.41, 5.74) is 1.13. The van der Waals surface area contributed by atoms with Gasteiger partial charge in [-0.1, -0.05) is 18.2 Å². The lowest BCUT2D eigenvalue weighted by Gasteiger charge is -2.17. The van der Waals surface area contributed by atoms with Gasteiger partial charge < -0.3 is 25.0 Å². The zero-order valence-corrected chi connectivity index (χ0v) is 18.2. The molecule has 0 unspecified atom stereocenters. The van der Waals surface area contributed by atoms with Crippen LogP contribution in [0.4, 0.5) is 0 Å². The highest BCUT2D eigenvalue weighted by atomic mass is 127. The average Bonchev–Trinajstić information content (AvgIpc) is 2.60. The van der Waals surface area contributed by atoms with Crippen LogP contribution >= 0.6 is 24.0 Å². The van der Waals surface area contributed by atoms with Crippen LogP contribution in [-0.2, 0) is 11.3 Å². The maximum absolute atomic E-state index is 5.64. The number of nitrogens with one attached hydrogen (secondary N) is 2. The molecule has 0 amide bonds. The van der Waals surface area contributed by atoms with Gasteiger partial charge in [-0.25, -0.2) is 0 Å². The molecule has 2 N–H and O–H groups in total. The summed E-state index contributed by atoms with van der Waals surface area (Å²) in [6.45, 7) is 6.98. The van der Waals surface area contributed by atoms with E-state index in [1.165, 1.54) is 0 Å². The average molecular weight is 464 g/mol. The molecule has 25 heavy (non-hydrogen) atoms. The molecule has 0 atom stereocenters. The molecule has 0 aromatic heterocycles. The third-order valence-corrected chi connectivity index (χ3v) is 3.63. The molecular weight excluding hydrogens is 431 g/mol. The number of hydrogen-bond donors (Lipinski definition) is 2. The van der Waals surface area contributed by atoms with Gasteiger partial charge in [-0.2, -0.15) is 0 Å². The van der Waals surface area contributed by atoms with E-state index in [4.69, 9.17) is 9.47 Å². The Morgan fingerprint density at radius 1 is 1.20 bits per heavy atom. The monoisotopic (exact) mass is 464 g/mol. The van der Waals surface area contributed by atoms with Crippen LogP contribution in [0.1, 0.15) is 18.9 Å². The Kier molecular flexibility index (Phi) is 14.6. The number of aliphatic imine (C=N–C) groups is 1. The van der Waals surface area contributed by atoms with Crippen molar-refractivity contribution in [1.82, 2.24) is 15.5 Å². The maximum Gasteiger partial charge on any atom is 0.191 e. The fraction of sp³-hybridized carbons (Fsp3) is 0.611.